The number of thiophene rings is 1. The summed E-state index contributed by atoms with van der Waals surface area (Å²) < 4.78 is 22.0. The van der Waals surface area contributed by atoms with Crippen LogP contribution in [0.25, 0.3) is 0 Å². The number of rotatable bonds is 7. The van der Waals surface area contributed by atoms with Crippen molar-refractivity contribution in [2.75, 3.05) is 19.5 Å². The average Bonchev–Trinajstić information content (AvgIpc) is 3.15. The maximum Gasteiger partial charge on any atom is 1.00 e. The van der Waals surface area contributed by atoms with E-state index >= 15 is 0 Å². The molecule has 1 fully saturated rings. The molecular weight excluding hydrogens is 489 g/mol. The largest absolute Gasteiger partial charge is 1.00 e. The van der Waals surface area contributed by atoms with Crippen LogP contribution >= 0.6 is 30.7 Å². The molecule has 10 nitrogen and oxygen atoms in total. The van der Waals surface area contributed by atoms with Gasteiger partial charge in [-0.05, 0) is 19.0 Å². The first-order valence-electron chi connectivity index (χ1n) is 8.32. The van der Waals surface area contributed by atoms with Gasteiger partial charge in [0.1, 0.15) is 12.0 Å². The number of thioether (sulfide) groups is 1. The van der Waals surface area contributed by atoms with Crippen molar-refractivity contribution in [3.05, 3.63) is 33.4 Å². The fraction of sp³-hybridized carbons (Fsp3) is 0.438. The zero-order valence-electron chi connectivity index (χ0n) is 17.4. The molecule has 3 rings (SSSR count). The van der Waals surface area contributed by atoms with E-state index < -0.39 is 48.5 Å². The fourth-order valence-electron chi connectivity index (χ4n) is 3.12. The van der Waals surface area contributed by atoms with Gasteiger partial charge in [-0.2, -0.15) is 0 Å². The van der Waals surface area contributed by atoms with E-state index in [-0.39, 0.29) is 76.9 Å². The minimum Gasteiger partial charge on any atom is -0.806 e. The Labute approximate surface area is 231 Å². The Morgan fingerprint density at radius 1 is 1.39 bits per heavy atom. The Kier molecular flexibility index (Phi) is 11.0. The molecule has 158 valence electrons. The normalized spacial score (nSPS) is 22.5. The van der Waals surface area contributed by atoms with Gasteiger partial charge in [-0.25, -0.2) is 0 Å². The van der Waals surface area contributed by atoms with Crippen LogP contribution < -0.4 is 74.2 Å². The summed E-state index contributed by atoms with van der Waals surface area (Å²) >= 11 is 2.47. The molecule has 0 bridgehead atoms. The van der Waals surface area contributed by atoms with Crippen LogP contribution in [0.2, 0.25) is 0 Å². The van der Waals surface area contributed by atoms with Crippen molar-refractivity contribution in [3.63, 3.8) is 0 Å². The smallest absolute Gasteiger partial charge is 0.806 e. The summed E-state index contributed by atoms with van der Waals surface area (Å²) in [7, 11) is -4.16. The molecule has 0 saturated carbocycles. The Hall–Kier alpha value is 0.310. The second-order valence-corrected chi connectivity index (χ2v) is 9.81. The Morgan fingerprint density at radius 3 is 2.58 bits per heavy atom. The second-order valence-electron chi connectivity index (χ2n) is 6.29. The Bertz CT molecular complexity index is 923. The molecule has 0 radical (unpaired) electrons. The summed E-state index contributed by atoms with van der Waals surface area (Å²) in [5, 5.41) is 3.40. The number of methoxy groups -OCH3 is 1. The molecule has 1 saturated heterocycles. The van der Waals surface area contributed by atoms with E-state index in [0.29, 0.717) is 0 Å². The number of nitrogens with zero attached hydrogens (tertiary/aromatic N) is 1. The molecule has 15 heteroatoms. The van der Waals surface area contributed by atoms with E-state index in [4.69, 9.17) is 9.47 Å². The quantitative estimate of drug-likeness (QED) is 0.125. The van der Waals surface area contributed by atoms with E-state index in [9.17, 15) is 28.7 Å². The van der Waals surface area contributed by atoms with Crippen LogP contribution in [0.5, 0.6) is 0 Å². The van der Waals surface area contributed by atoms with Crippen molar-refractivity contribution in [2.24, 2.45) is 0 Å². The average molecular weight is 506 g/mol. The summed E-state index contributed by atoms with van der Waals surface area (Å²) in [4.78, 5) is 61.6. The topological polar surface area (TPSA) is 148 Å². The standard InChI is InChI=1S/C16H19N2O8PS2.2Na/c1-9(19)26-7-10-8-29-15-16(25-2,14(21)18(15)13(10)27(22,23)24)17-12(20)6-11-4-3-5-28-11;;/h3-5,15H,6-8H2,1-2H3,(H,17,20)(H2,22,23,24);;/q;2*+1/p-2/t15-,16-;;/m0../s1. The van der Waals surface area contributed by atoms with Crippen LogP contribution in [-0.4, -0.2) is 53.3 Å². The van der Waals surface area contributed by atoms with E-state index in [2.05, 4.69) is 5.32 Å². The van der Waals surface area contributed by atoms with Crippen molar-refractivity contribution in [1.29, 1.82) is 0 Å². The van der Waals surface area contributed by atoms with Gasteiger partial charge >= 0.3 is 65.1 Å². The van der Waals surface area contributed by atoms with Crippen molar-refractivity contribution in [3.8, 4) is 0 Å². The van der Waals surface area contributed by atoms with Gasteiger partial charge in [-0.1, -0.05) is 6.07 Å². The number of nitrogens with one attached hydrogen (secondary N) is 1. The number of hydrogen-bond acceptors (Lipinski definition) is 10. The number of amides is 2. The summed E-state index contributed by atoms with van der Waals surface area (Å²) in [6.07, 6.45) is 0.0233. The van der Waals surface area contributed by atoms with E-state index in [1.807, 2.05) is 5.38 Å². The van der Waals surface area contributed by atoms with Crippen LogP contribution in [-0.2, 0) is 34.8 Å². The Morgan fingerprint density at radius 2 is 2.06 bits per heavy atom. The van der Waals surface area contributed by atoms with E-state index in [0.717, 1.165) is 28.5 Å². The zero-order chi connectivity index (χ0) is 21.4. The molecule has 2 amide bonds. The third kappa shape index (κ3) is 6.06. The fourth-order valence-corrected chi connectivity index (χ4v) is 6.43. The first kappa shape index (κ1) is 29.3. The number of β-lactam (4-membered cyclic amide) rings is 1. The van der Waals surface area contributed by atoms with Gasteiger partial charge in [0, 0.05) is 30.2 Å². The van der Waals surface area contributed by atoms with Gasteiger partial charge in [-0.3, -0.25) is 19.3 Å². The van der Waals surface area contributed by atoms with Crippen molar-refractivity contribution in [1.82, 2.24) is 10.2 Å². The van der Waals surface area contributed by atoms with Gasteiger partial charge in [0.05, 0.1) is 11.9 Å². The number of ether oxygens (including phenoxy) is 2. The summed E-state index contributed by atoms with van der Waals surface area (Å²) in [5.74, 6) is -2.00. The zero-order valence-corrected chi connectivity index (χ0v) is 23.9. The van der Waals surface area contributed by atoms with Crippen LogP contribution in [0.4, 0.5) is 0 Å². The molecule has 31 heavy (non-hydrogen) atoms. The number of carbonyl (C=O) groups is 3. The monoisotopic (exact) mass is 506 g/mol. The van der Waals surface area contributed by atoms with Crippen molar-refractivity contribution >= 4 is 48.5 Å². The second kappa shape index (κ2) is 11.6. The molecule has 0 unspecified atom stereocenters. The van der Waals surface area contributed by atoms with Crippen LogP contribution in [0.1, 0.15) is 11.8 Å². The summed E-state index contributed by atoms with van der Waals surface area (Å²) in [6.45, 7) is 0.716. The van der Waals surface area contributed by atoms with Gasteiger partial charge in [0.25, 0.3) is 11.6 Å². The third-order valence-corrected chi connectivity index (χ3v) is 7.65. The summed E-state index contributed by atoms with van der Waals surface area (Å²) in [5.41, 5.74) is -2.50. The first-order chi connectivity index (χ1) is 13.6. The van der Waals surface area contributed by atoms with Gasteiger partial charge in [0.15, 0.2) is 0 Å². The molecular formula is C16H17N2Na2O8PS2. The van der Waals surface area contributed by atoms with Crippen LogP contribution in [0.3, 0.4) is 0 Å². The van der Waals surface area contributed by atoms with E-state index in [1.54, 1.807) is 12.1 Å². The number of esters is 1. The Balaban J connectivity index is 0.00000240. The molecule has 1 aromatic heterocycles. The molecule has 0 aromatic carbocycles. The minimum atomic E-state index is -5.37. The minimum absolute atomic E-state index is 0. The van der Waals surface area contributed by atoms with Gasteiger partial charge in [0.2, 0.25) is 5.91 Å². The van der Waals surface area contributed by atoms with E-state index in [1.165, 1.54) is 18.4 Å². The van der Waals surface area contributed by atoms with Crippen molar-refractivity contribution < 1.29 is 97.3 Å². The maximum atomic E-state index is 12.9. The third-order valence-electron chi connectivity index (χ3n) is 4.35. The van der Waals surface area contributed by atoms with Crippen LogP contribution in [0.15, 0.2) is 28.5 Å². The number of hydrogen-bond donors (Lipinski definition) is 1. The maximum absolute atomic E-state index is 12.9. The van der Waals surface area contributed by atoms with Gasteiger partial charge < -0.3 is 29.1 Å². The number of fused-ring (bicyclic) bond motifs is 1. The molecule has 2 atom stereocenters. The molecule has 2 aliphatic heterocycles. The molecule has 3 heterocycles. The molecule has 0 spiro atoms. The predicted molar refractivity (Wildman–Crippen MR) is 100 cm³/mol. The molecule has 1 aromatic rings. The SMILES string of the molecule is CO[C@@]1(NC(=O)Cc2cccs2)C(=O)N2C(P(=O)([O-])[O-])=C(COC(C)=O)CS[C@H]21.[Na+].[Na+]. The van der Waals surface area contributed by atoms with Crippen molar-refractivity contribution in [2.45, 2.75) is 24.4 Å². The number of carbonyl (C=O) groups excluding carboxylic acids is 3. The summed E-state index contributed by atoms with van der Waals surface area (Å²) in [6, 6.07) is 3.55. The van der Waals surface area contributed by atoms with Gasteiger partial charge in [-0.15, -0.1) is 23.1 Å². The predicted octanol–water partition coefficient (Wildman–Crippen LogP) is -6.64. The molecule has 1 N–H and O–H groups in total. The first-order valence-corrected chi connectivity index (χ1v) is 11.8. The molecule has 2 aliphatic rings. The van der Waals surface area contributed by atoms with Crippen LogP contribution in [0, 0.1) is 0 Å². The molecule has 0 aliphatic carbocycles.